The van der Waals surface area contributed by atoms with Gasteiger partial charge in [-0.3, -0.25) is 9.78 Å². The van der Waals surface area contributed by atoms with Crippen molar-refractivity contribution in [3.8, 4) is 0 Å². The van der Waals surface area contributed by atoms with Gasteiger partial charge in [0.25, 0.3) is 5.91 Å². The average molecular weight is 403 g/mol. The first kappa shape index (κ1) is 21.6. The lowest BCUT2D eigenvalue weighted by Crippen LogP contribution is -2.61. The Balaban J connectivity index is 1.57. The van der Waals surface area contributed by atoms with E-state index < -0.39 is 23.9 Å². The van der Waals surface area contributed by atoms with E-state index in [4.69, 9.17) is 14.0 Å². The second-order valence-corrected chi connectivity index (χ2v) is 9.62. The highest BCUT2D eigenvalue weighted by Crippen LogP contribution is 2.36. The lowest BCUT2D eigenvalue weighted by molar-refractivity contribution is 0.00531. The highest BCUT2D eigenvalue weighted by molar-refractivity contribution is 6.62. The maximum absolute atomic E-state index is 12.6. The van der Waals surface area contributed by atoms with Gasteiger partial charge < -0.3 is 24.3 Å². The summed E-state index contributed by atoms with van der Waals surface area (Å²) in [5.41, 5.74) is -0.426. The molecule has 2 amide bonds. The van der Waals surface area contributed by atoms with Crippen LogP contribution < -0.4 is 10.8 Å². The van der Waals surface area contributed by atoms with Crippen LogP contribution in [0.3, 0.4) is 0 Å². The van der Waals surface area contributed by atoms with Gasteiger partial charge in [-0.25, -0.2) is 4.79 Å². The van der Waals surface area contributed by atoms with Crippen LogP contribution in [0.5, 0.6) is 0 Å². The van der Waals surface area contributed by atoms with E-state index in [9.17, 15) is 9.59 Å². The maximum atomic E-state index is 12.6. The van der Waals surface area contributed by atoms with Crippen molar-refractivity contribution < 1.29 is 23.6 Å². The lowest BCUT2D eigenvalue weighted by Gasteiger charge is -2.39. The van der Waals surface area contributed by atoms with Crippen molar-refractivity contribution in [2.45, 2.75) is 71.3 Å². The summed E-state index contributed by atoms with van der Waals surface area (Å²) in [6, 6.07) is 3.34. The van der Waals surface area contributed by atoms with Crippen LogP contribution in [0.2, 0.25) is 0 Å². The number of carbonyl (C=O) groups is 2. The molecule has 0 aliphatic carbocycles. The number of nitrogens with zero attached hydrogens (tertiary/aromatic N) is 2. The Morgan fingerprint density at radius 2 is 1.79 bits per heavy atom. The number of hydrogen-bond acceptors (Lipinski definition) is 6. The monoisotopic (exact) mass is 403 g/mol. The Morgan fingerprint density at radius 3 is 2.34 bits per heavy atom. The molecule has 0 bridgehead atoms. The van der Waals surface area contributed by atoms with E-state index in [1.807, 2.05) is 48.5 Å². The Kier molecular flexibility index (Phi) is 5.42. The smallest absolute Gasteiger partial charge is 0.444 e. The van der Waals surface area contributed by atoms with Crippen molar-refractivity contribution in [2.24, 2.45) is 0 Å². The molecular weight excluding hydrogens is 373 g/mol. The molecule has 9 heteroatoms. The molecule has 0 atom stereocenters. The molecule has 3 heterocycles. The van der Waals surface area contributed by atoms with Gasteiger partial charge in [-0.1, -0.05) is 0 Å². The van der Waals surface area contributed by atoms with Gasteiger partial charge in [0.05, 0.1) is 17.2 Å². The Morgan fingerprint density at radius 1 is 1.21 bits per heavy atom. The molecule has 3 rings (SSSR count). The molecule has 2 aliphatic rings. The summed E-state index contributed by atoms with van der Waals surface area (Å²) in [7, 11) is -0.555. The Hall–Kier alpha value is -2.13. The Labute approximate surface area is 172 Å². The van der Waals surface area contributed by atoms with Gasteiger partial charge in [0, 0.05) is 19.3 Å². The number of carbonyl (C=O) groups excluding carboxylic acids is 2. The first-order valence-corrected chi connectivity index (χ1v) is 9.88. The van der Waals surface area contributed by atoms with Crippen LogP contribution in [0.4, 0.5) is 4.79 Å². The van der Waals surface area contributed by atoms with Gasteiger partial charge >= 0.3 is 13.2 Å². The summed E-state index contributed by atoms with van der Waals surface area (Å²) in [5, 5.41) is 2.90. The molecule has 0 spiro atoms. The third-order valence-electron chi connectivity index (χ3n) is 5.41. The number of aromatic nitrogens is 1. The average Bonchev–Trinajstić information content (AvgIpc) is 2.76. The number of nitrogens with one attached hydrogen (secondary N) is 1. The molecule has 2 saturated heterocycles. The second kappa shape index (κ2) is 7.29. The van der Waals surface area contributed by atoms with Crippen molar-refractivity contribution in [3.05, 3.63) is 24.0 Å². The van der Waals surface area contributed by atoms with Crippen LogP contribution in [0.15, 0.2) is 18.3 Å². The van der Waals surface area contributed by atoms with Gasteiger partial charge in [0.15, 0.2) is 0 Å². The fourth-order valence-electron chi connectivity index (χ4n) is 3.00. The van der Waals surface area contributed by atoms with E-state index in [1.165, 1.54) is 0 Å². The van der Waals surface area contributed by atoms with Crippen LogP contribution in [0, 0.1) is 0 Å². The minimum atomic E-state index is -0.555. The highest BCUT2D eigenvalue weighted by atomic mass is 16.7. The minimum absolute atomic E-state index is 0.127. The number of pyridine rings is 1. The molecule has 0 radical (unpaired) electrons. The van der Waals surface area contributed by atoms with E-state index in [1.54, 1.807) is 23.2 Å². The van der Waals surface area contributed by atoms with Gasteiger partial charge in [-0.2, -0.15) is 0 Å². The van der Waals surface area contributed by atoms with Gasteiger partial charge in [-0.15, -0.1) is 0 Å². The zero-order valence-corrected chi connectivity index (χ0v) is 18.2. The highest BCUT2D eigenvalue weighted by Gasteiger charge is 2.51. The van der Waals surface area contributed by atoms with Crippen molar-refractivity contribution in [1.29, 1.82) is 0 Å². The first-order chi connectivity index (χ1) is 13.3. The molecule has 0 unspecified atom stereocenters. The lowest BCUT2D eigenvalue weighted by atomic mass is 9.79. The van der Waals surface area contributed by atoms with Crippen LogP contribution in [-0.2, 0) is 14.0 Å². The topological polar surface area (TPSA) is 90.0 Å². The quantitative estimate of drug-likeness (QED) is 0.774. The summed E-state index contributed by atoms with van der Waals surface area (Å²) >= 11 is 0. The zero-order chi connectivity index (χ0) is 21.6. The van der Waals surface area contributed by atoms with Crippen LogP contribution in [0.25, 0.3) is 0 Å². The first-order valence-electron chi connectivity index (χ1n) is 9.88. The maximum Gasteiger partial charge on any atom is 0.494 e. The van der Waals surface area contributed by atoms with Gasteiger partial charge in [0.1, 0.15) is 11.3 Å². The summed E-state index contributed by atoms with van der Waals surface area (Å²) < 4.78 is 17.4. The molecule has 1 N–H and O–H groups in total. The number of ether oxygens (including phenoxy) is 1. The van der Waals surface area contributed by atoms with E-state index in [0.717, 1.165) is 5.46 Å². The zero-order valence-electron chi connectivity index (χ0n) is 18.2. The number of amides is 2. The summed E-state index contributed by atoms with van der Waals surface area (Å²) in [4.78, 5) is 30.3. The summed E-state index contributed by atoms with van der Waals surface area (Å²) in [6.07, 6.45) is 1.20. The van der Waals surface area contributed by atoms with Gasteiger partial charge in [-0.05, 0) is 66.1 Å². The van der Waals surface area contributed by atoms with Crippen LogP contribution >= 0.6 is 0 Å². The van der Waals surface area contributed by atoms with Crippen molar-refractivity contribution in [1.82, 2.24) is 15.2 Å². The van der Waals surface area contributed by atoms with Crippen LogP contribution in [0.1, 0.15) is 59.0 Å². The number of hydrogen-bond donors (Lipinski definition) is 1. The van der Waals surface area contributed by atoms with E-state index >= 15 is 0 Å². The van der Waals surface area contributed by atoms with E-state index in [-0.39, 0.29) is 23.7 Å². The van der Waals surface area contributed by atoms with Gasteiger partial charge in [0.2, 0.25) is 0 Å². The molecule has 0 saturated carbocycles. The molecule has 1 aromatic heterocycles. The fourth-order valence-corrected chi connectivity index (χ4v) is 3.00. The van der Waals surface area contributed by atoms with Crippen molar-refractivity contribution >= 4 is 24.6 Å². The minimum Gasteiger partial charge on any atom is -0.444 e. The fraction of sp³-hybridized carbons (Fsp3) is 0.650. The predicted octanol–water partition coefficient (Wildman–Crippen LogP) is 1.73. The molecule has 158 valence electrons. The van der Waals surface area contributed by atoms with Crippen LogP contribution in [-0.4, -0.2) is 64.9 Å². The molecule has 8 nitrogen and oxygen atoms in total. The summed E-state index contributed by atoms with van der Waals surface area (Å²) in [6.45, 7) is 14.2. The predicted molar refractivity (Wildman–Crippen MR) is 109 cm³/mol. The normalized spacial score (nSPS) is 20.9. The molecule has 1 aromatic rings. The largest absolute Gasteiger partial charge is 0.494 e. The second-order valence-electron chi connectivity index (χ2n) is 9.62. The molecular formula is C20H30BN3O5. The standard InChI is InChI=1S/C20H30BN3O5/c1-18(2,3)27-17(26)24-11-14(12-24)23-16(25)15-10-13(8-9-22-15)21-28-19(4,5)20(6,7)29-21/h8-10,14H,11-12H2,1-7H3,(H,23,25). The van der Waals surface area contributed by atoms with E-state index in [0.29, 0.717) is 13.1 Å². The SMILES string of the molecule is CC(C)(C)OC(=O)N1CC(NC(=O)c2cc(B3OC(C)(C)C(C)(C)O3)ccn2)C1. The van der Waals surface area contributed by atoms with E-state index in [2.05, 4.69) is 10.3 Å². The third-order valence-corrected chi connectivity index (χ3v) is 5.41. The molecule has 2 fully saturated rings. The van der Waals surface area contributed by atoms with Crippen molar-refractivity contribution in [3.63, 3.8) is 0 Å². The Bertz CT molecular complexity index is 784. The number of likely N-dealkylation sites (tertiary alicyclic amines) is 1. The third kappa shape index (κ3) is 4.72. The molecule has 29 heavy (non-hydrogen) atoms. The molecule has 0 aromatic carbocycles. The summed E-state index contributed by atoms with van der Waals surface area (Å²) in [5.74, 6) is -0.294. The number of rotatable bonds is 3. The molecule has 2 aliphatic heterocycles. The van der Waals surface area contributed by atoms with Crippen molar-refractivity contribution in [2.75, 3.05) is 13.1 Å².